The topological polar surface area (TPSA) is 243 Å². The number of hydrogen-bond donors (Lipinski definition) is 2. The van der Waals surface area contributed by atoms with Gasteiger partial charge in [-0.25, -0.2) is 31.9 Å². The lowest BCUT2D eigenvalue weighted by molar-refractivity contribution is 0.0385. The summed E-state index contributed by atoms with van der Waals surface area (Å²) < 4.78 is 90.0. The number of ether oxygens (including phenoxy) is 5. The molecule has 7 aliphatic rings. The number of carbonyl (C=O) groups is 4. The maximum atomic E-state index is 14.4. The van der Waals surface area contributed by atoms with Crippen LogP contribution in [0.2, 0.25) is 5.02 Å². The van der Waals surface area contributed by atoms with Crippen molar-refractivity contribution in [1.29, 1.82) is 0 Å². The van der Waals surface area contributed by atoms with Crippen molar-refractivity contribution >= 4 is 90.0 Å². The van der Waals surface area contributed by atoms with Crippen molar-refractivity contribution in [2.24, 2.45) is 0 Å². The van der Waals surface area contributed by atoms with Gasteiger partial charge in [0.2, 0.25) is 21.7 Å². The number of carboxylic acid groups (broad SMARTS) is 2. The zero-order chi connectivity index (χ0) is 62.9. The molecule has 0 radical (unpaired) electrons. The van der Waals surface area contributed by atoms with Gasteiger partial charge in [0.1, 0.15) is 29.1 Å². The Morgan fingerprint density at radius 2 is 0.753 bits per heavy atom. The second kappa shape index (κ2) is 24.4. The lowest BCUT2D eigenvalue weighted by Gasteiger charge is -2.14. The van der Waals surface area contributed by atoms with Gasteiger partial charge in [0, 0.05) is 95.8 Å². The molecular weight excluding hydrogens is 1210 g/mol. The van der Waals surface area contributed by atoms with Gasteiger partial charge in [-0.05, 0) is 132 Å². The average Bonchev–Trinajstić information content (AvgIpc) is 1.11. The van der Waals surface area contributed by atoms with Gasteiger partial charge in [0.15, 0.2) is 34.7 Å². The number of pyridine rings is 4. The van der Waals surface area contributed by atoms with Crippen molar-refractivity contribution in [3.05, 3.63) is 165 Å². The largest absolute Gasteiger partial charge is 0.487 e. The van der Waals surface area contributed by atoms with E-state index in [4.69, 9.17) is 52.0 Å². The van der Waals surface area contributed by atoms with E-state index in [9.17, 15) is 61.0 Å². The Hall–Kier alpha value is -8.54. The molecule has 0 spiro atoms. The summed E-state index contributed by atoms with van der Waals surface area (Å²) in [4.78, 5) is 95.4. The summed E-state index contributed by atoms with van der Waals surface area (Å²) in [5.74, 6) is -5.40. The highest BCUT2D eigenvalue weighted by molar-refractivity contribution is 6.67. The fraction of sp³-hybridized carbons (Fsp3) is 0.375. The average molecular weight is 1270 g/mol. The number of aromatic carboxylic acids is 2. The number of methoxy groups -OCH3 is 1. The normalized spacial score (nSPS) is 16.8. The minimum absolute atomic E-state index is 0.0475. The number of carbonyl (C=O) groups excluding carboxylic acids is 2. The summed E-state index contributed by atoms with van der Waals surface area (Å²) in [5.41, 5.74) is -1.10. The number of hydrogen-bond acceptors (Lipinski definition) is 13. The van der Waals surface area contributed by atoms with Crippen LogP contribution in [0, 0.1) is 23.3 Å². The highest BCUT2D eigenvalue weighted by Crippen LogP contribution is 2.43. The minimum atomic E-state index is -1.31. The lowest BCUT2D eigenvalue weighted by atomic mass is 10.1. The van der Waals surface area contributed by atoms with Crippen LogP contribution in [0.25, 0.3) is 43.6 Å². The van der Waals surface area contributed by atoms with Gasteiger partial charge in [-0.1, -0.05) is 11.6 Å². The third-order valence-electron chi connectivity index (χ3n) is 16.0. The van der Waals surface area contributed by atoms with Crippen molar-refractivity contribution in [2.45, 2.75) is 132 Å². The molecule has 7 aliphatic carbocycles. The predicted molar refractivity (Wildman–Crippen MR) is 318 cm³/mol. The lowest BCUT2D eigenvalue weighted by Crippen LogP contribution is -2.22. The quantitative estimate of drug-likeness (QED) is 0.0373. The van der Waals surface area contributed by atoms with Gasteiger partial charge in [-0.15, -0.1) is 0 Å². The standard InChI is InChI=1S/C19H20FNO5.C16H13ClFNO3.C16H14FNO4.C13H9ClFNO3/c1-24-6-7-25-19(23)14-10-21(11-2-3-11)16-9-17(26-12-4-5-12)15(20)8-13(16)18(14)22;17-16(21)11-7-19(8-1-2-8)13-6-14(22-9-3-4-9)12(18)5-10(13)15(11)20;17-12-5-10-13(6-14(12)22-9-3-4-9)18(8-1-2-8)7-11(15(10)19)16(20)21;14-9-4-11-7(3-10(9)15)12(17)8(13(18)19)5-16(11)6-1-2-6/h8-12H,2-7H2,1H3;5-9H,1-4H2;5-9H,1-4H2,(H,20,21);3-6H,1-2H2,(H,18,19). The van der Waals surface area contributed by atoms with E-state index >= 15 is 0 Å². The Labute approximate surface area is 511 Å². The number of fused-ring (bicyclic) bond motifs is 4. The van der Waals surface area contributed by atoms with Crippen LogP contribution in [0.15, 0.2) is 92.5 Å². The fourth-order valence-corrected chi connectivity index (χ4v) is 10.6. The van der Waals surface area contributed by atoms with Crippen molar-refractivity contribution < 1.29 is 70.6 Å². The van der Waals surface area contributed by atoms with E-state index in [0.717, 1.165) is 108 Å². The molecule has 7 saturated carbocycles. The second-order valence-corrected chi connectivity index (χ2v) is 23.9. The van der Waals surface area contributed by atoms with Crippen LogP contribution in [-0.4, -0.2) is 90.3 Å². The summed E-state index contributed by atoms with van der Waals surface area (Å²) >= 11 is 11.2. The van der Waals surface area contributed by atoms with Crippen LogP contribution in [0.5, 0.6) is 17.2 Å². The molecule has 4 aromatic carbocycles. The molecule has 7 fully saturated rings. The maximum Gasteiger partial charge on any atom is 0.343 e. The Morgan fingerprint density at radius 3 is 1.07 bits per heavy atom. The molecule has 25 heteroatoms. The van der Waals surface area contributed by atoms with Crippen molar-refractivity contribution in [3.8, 4) is 17.2 Å². The molecule has 8 aromatic rings. The first-order valence-corrected chi connectivity index (χ1v) is 29.9. The molecule has 2 N–H and O–H groups in total. The van der Waals surface area contributed by atoms with Crippen LogP contribution in [0.4, 0.5) is 17.6 Å². The smallest absolute Gasteiger partial charge is 0.343 e. The zero-order valence-corrected chi connectivity index (χ0v) is 49.1. The van der Waals surface area contributed by atoms with Crippen LogP contribution < -0.4 is 35.9 Å². The molecule has 19 nitrogen and oxygen atoms in total. The molecule has 0 aliphatic heterocycles. The van der Waals surface area contributed by atoms with Crippen LogP contribution in [0.3, 0.4) is 0 Å². The highest BCUT2D eigenvalue weighted by atomic mass is 35.5. The molecule has 4 heterocycles. The van der Waals surface area contributed by atoms with Crippen molar-refractivity contribution in [2.75, 3.05) is 20.3 Å². The van der Waals surface area contributed by atoms with Gasteiger partial charge in [0.05, 0.1) is 57.6 Å². The molecule has 4 aromatic heterocycles. The molecule has 0 saturated heterocycles. The number of carboxylic acids is 2. The van der Waals surface area contributed by atoms with Gasteiger partial charge in [0.25, 0.3) is 5.24 Å². The Balaban J connectivity index is 0.000000116. The molecule has 0 unspecified atom stereocenters. The molecule has 464 valence electrons. The second-order valence-electron chi connectivity index (χ2n) is 23.2. The Morgan fingerprint density at radius 1 is 0.449 bits per heavy atom. The van der Waals surface area contributed by atoms with E-state index in [0.29, 0.717) is 22.1 Å². The number of halogens is 6. The maximum absolute atomic E-state index is 14.4. The van der Waals surface area contributed by atoms with Gasteiger partial charge in [-0.3, -0.25) is 24.0 Å². The van der Waals surface area contributed by atoms with Gasteiger partial charge >= 0.3 is 17.9 Å². The monoisotopic (exact) mass is 1270 g/mol. The van der Waals surface area contributed by atoms with Gasteiger partial charge in [-0.2, -0.15) is 0 Å². The number of nitrogens with zero attached hydrogens (tertiary/aromatic N) is 4. The highest BCUT2D eigenvalue weighted by Gasteiger charge is 2.34. The first-order chi connectivity index (χ1) is 42.6. The van der Waals surface area contributed by atoms with Gasteiger partial charge < -0.3 is 52.2 Å². The Kier molecular flexibility index (Phi) is 16.7. The summed E-state index contributed by atoms with van der Waals surface area (Å²) in [5, 5.41) is 17.8. The Bertz CT molecular complexity index is 4380. The summed E-state index contributed by atoms with van der Waals surface area (Å²) in [6.45, 7) is 0.297. The zero-order valence-electron chi connectivity index (χ0n) is 47.5. The first-order valence-electron chi connectivity index (χ1n) is 29.2. The van der Waals surface area contributed by atoms with Crippen molar-refractivity contribution in [1.82, 2.24) is 18.3 Å². The van der Waals surface area contributed by atoms with E-state index in [2.05, 4.69) is 0 Å². The molecule has 0 amide bonds. The molecule has 15 rings (SSSR count). The number of esters is 1. The minimum Gasteiger partial charge on any atom is -0.487 e. The summed E-state index contributed by atoms with van der Waals surface area (Å²) in [7, 11) is 1.49. The molecule has 0 atom stereocenters. The number of benzene rings is 4. The van der Waals surface area contributed by atoms with E-state index in [1.165, 1.54) is 50.1 Å². The van der Waals surface area contributed by atoms with E-state index in [-0.39, 0.29) is 122 Å². The predicted octanol–water partition coefficient (Wildman–Crippen LogP) is 11.8. The van der Waals surface area contributed by atoms with Crippen molar-refractivity contribution in [3.63, 3.8) is 0 Å². The SMILES string of the molecule is COCCOC(=O)c1cn(C2CC2)c2cc(OC3CC3)c(F)cc2c1=O.O=C(Cl)c1cn(C2CC2)c2cc(OC3CC3)c(F)cc2c1=O.O=C(O)c1cn(C2CC2)c2cc(Cl)c(F)cc2c1=O.O=C(O)c1cn(C2CC2)c2cc(OC3CC3)c(F)cc2c1=O. The van der Waals surface area contributed by atoms with Crippen LogP contribution in [-0.2, 0) is 9.47 Å². The summed E-state index contributed by atoms with van der Waals surface area (Å²) in [6.07, 6.45) is 18.8. The van der Waals surface area contributed by atoms with E-state index < -0.39 is 68.1 Å². The number of rotatable bonds is 17. The fourth-order valence-electron chi connectivity index (χ4n) is 10.3. The molecule has 0 bridgehead atoms. The third-order valence-corrected chi connectivity index (χ3v) is 16.5. The van der Waals surface area contributed by atoms with Crippen LogP contribution >= 0.6 is 23.2 Å². The molecular formula is C64H56Cl2F4N4O15. The third kappa shape index (κ3) is 13.3. The van der Waals surface area contributed by atoms with E-state index in [1.807, 2.05) is 9.13 Å². The first kappa shape index (κ1) is 60.7. The van der Waals surface area contributed by atoms with Crippen LogP contribution in [0.1, 0.15) is 155 Å². The summed E-state index contributed by atoms with van der Waals surface area (Å²) in [6, 6.07) is 11.2. The number of aromatic nitrogens is 4. The molecule has 89 heavy (non-hydrogen) atoms. The van der Waals surface area contributed by atoms with E-state index in [1.54, 1.807) is 21.3 Å².